The highest BCUT2D eigenvalue weighted by atomic mass is 15.3. The van der Waals surface area contributed by atoms with Gasteiger partial charge in [-0.1, -0.05) is 12.1 Å². The predicted octanol–water partition coefficient (Wildman–Crippen LogP) is 2.88. The van der Waals surface area contributed by atoms with E-state index in [9.17, 15) is 0 Å². The Hall–Kier alpha value is -2.73. The van der Waals surface area contributed by atoms with Gasteiger partial charge in [-0.05, 0) is 37.6 Å². The lowest BCUT2D eigenvalue weighted by atomic mass is 10.1. The summed E-state index contributed by atoms with van der Waals surface area (Å²) in [5, 5.41) is 4.78. The van der Waals surface area contributed by atoms with Gasteiger partial charge in [0.25, 0.3) is 0 Å². The first-order valence-electron chi connectivity index (χ1n) is 9.55. The Morgan fingerprint density at radius 2 is 1.78 bits per heavy atom. The van der Waals surface area contributed by atoms with Gasteiger partial charge in [-0.2, -0.15) is 0 Å². The molecule has 4 rings (SSSR count). The molecule has 1 aromatic carbocycles. The molecular formula is C21H26N6. The van der Waals surface area contributed by atoms with Gasteiger partial charge < -0.3 is 10.2 Å². The number of piperazine rings is 1. The van der Waals surface area contributed by atoms with E-state index in [2.05, 4.69) is 61.3 Å². The van der Waals surface area contributed by atoms with Crippen LogP contribution >= 0.6 is 0 Å². The molecule has 1 fully saturated rings. The molecule has 1 saturated heterocycles. The molecule has 0 aliphatic carbocycles. The predicted molar refractivity (Wildman–Crippen MR) is 110 cm³/mol. The molecule has 6 heteroatoms. The largest absolute Gasteiger partial charge is 0.383 e. The number of aryl methyl sites for hydroxylation is 2. The second kappa shape index (κ2) is 7.88. The Morgan fingerprint density at radius 3 is 2.59 bits per heavy atom. The van der Waals surface area contributed by atoms with Crippen LogP contribution in [0.2, 0.25) is 0 Å². The lowest BCUT2D eigenvalue weighted by molar-refractivity contribution is 0.266. The maximum Gasteiger partial charge on any atom is 0.132 e. The summed E-state index contributed by atoms with van der Waals surface area (Å²) in [6.45, 7) is 10.1. The van der Waals surface area contributed by atoms with Crippen LogP contribution in [0.4, 0.5) is 11.5 Å². The summed E-state index contributed by atoms with van der Waals surface area (Å²) in [6.07, 6.45) is 3.72. The lowest BCUT2D eigenvalue weighted by Crippen LogP contribution is -2.48. The maximum atomic E-state index is 4.54. The topological polar surface area (TPSA) is 57.2 Å². The monoisotopic (exact) mass is 362 g/mol. The van der Waals surface area contributed by atoms with Gasteiger partial charge in [0.2, 0.25) is 0 Å². The van der Waals surface area contributed by atoms with E-state index in [0.717, 1.165) is 62.1 Å². The van der Waals surface area contributed by atoms with E-state index in [1.165, 1.54) is 10.9 Å². The van der Waals surface area contributed by atoms with Gasteiger partial charge in [-0.25, -0.2) is 9.97 Å². The number of nitrogens with zero attached hydrogens (tertiary/aromatic N) is 5. The summed E-state index contributed by atoms with van der Waals surface area (Å²) in [4.78, 5) is 18.0. The van der Waals surface area contributed by atoms with Crippen LogP contribution in [0.25, 0.3) is 10.9 Å². The van der Waals surface area contributed by atoms with Gasteiger partial charge in [0.05, 0.1) is 5.52 Å². The quantitative estimate of drug-likeness (QED) is 0.753. The molecule has 1 aliphatic rings. The first-order chi connectivity index (χ1) is 13.2. The third-order valence-corrected chi connectivity index (χ3v) is 5.10. The van der Waals surface area contributed by atoms with Crippen molar-refractivity contribution >= 4 is 22.4 Å². The molecule has 140 valence electrons. The zero-order valence-electron chi connectivity index (χ0n) is 16.0. The van der Waals surface area contributed by atoms with Crippen LogP contribution in [0.5, 0.6) is 0 Å². The summed E-state index contributed by atoms with van der Waals surface area (Å²) in [7, 11) is 0. The number of hydrogen-bond donors (Lipinski definition) is 1. The van der Waals surface area contributed by atoms with Crippen molar-refractivity contribution in [3.63, 3.8) is 0 Å². The minimum Gasteiger partial charge on any atom is -0.383 e. The van der Waals surface area contributed by atoms with Crippen LogP contribution in [-0.2, 0) is 0 Å². The zero-order chi connectivity index (χ0) is 18.6. The molecule has 3 heterocycles. The molecule has 0 amide bonds. The number of pyridine rings is 1. The molecule has 0 radical (unpaired) electrons. The van der Waals surface area contributed by atoms with Gasteiger partial charge in [-0.3, -0.25) is 9.88 Å². The highest BCUT2D eigenvalue weighted by Gasteiger charge is 2.17. The Kier molecular flexibility index (Phi) is 5.16. The van der Waals surface area contributed by atoms with Crippen LogP contribution in [0.1, 0.15) is 11.4 Å². The van der Waals surface area contributed by atoms with Crippen molar-refractivity contribution in [1.29, 1.82) is 0 Å². The molecular weight excluding hydrogens is 336 g/mol. The Balaban J connectivity index is 1.30. The van der Waals surface area contributed by atoms with E-state index in [4.69, 9.17) is 0 Å². The summed E-state index contributed by atoms with van der Waals surface area (Å²) in [5.41, 5.74) is 3.45. The van der Waals surface area contributed by atoms with Crippen molar-refractivity contribution in [2.75, 3.05) is 49.5 Å². The highest BCUT2D eigenvalue weighted by Crippen LogP contribution is 2.22. The fourth-order valence-electron chi connectivity index (χ4n) is 3.58. The third kappa shape index (κ3) is 4.17. The molecule has 6 nitrogen and oxygen atoms in total. The van der Waals surface area contributed by atoms with Gasteiger partial charge in [0.15, 0.2) is 0 Å². The second-order valence-corrected chi connectivity index (χ2v) is 7.10. The molecule has 2 aromatic heterocycles. The number of nitrogens with one attached hydrogen (secondary N) is 1. The molecule has 0 atom stereocenters. The first-order valence-corrected chi connectivity index (χ1v) is 9.55. The zero-order valence-corrected chi connectivity index (χ0v) is 16.0. The van der Waals surface area contributed by atoms with Crippen molar-refractivity contribution in [1.82, 2.24) is 19.9 Å². The molecule has 0 spiro atoms. The van der Waals surface area contributed by atoms with Crippen LogP contribution in [0.3, 0.4) is 0 Å². The number of aromatic nitrogens is 3. The average molecular weight is 362 g/mol. The van der Waals surface area contributed by atoms with Crippen LogP contribution in [0.15, 0.2) is 42.7 Å². The maximum absolute atomic E-state index is 4.54. The standard InChI is InChI=1S/C21H26N6/c1-16-3-4-18-19(5-7-23-20(18)15-16)24-9-10-26-11-13-27(14-12-26)21-6-8-22-17(2)25-21/h3-8,15H,9-14H2,1-2H3,(H,23,24). The number of rotatable bonds is 5. The minimum atomic E-state index is 0.832. The van der Waals surface area contributed by atoms with Crippen LogP contribution in [0, 0.1) is 13.8 Å². The van der Waals surface area contributed by atoms with E-state index >= 15 is 0 Å². The van der Waals surface area contributed by atoms with Crippen molar-refractivity contribution in [3.8, 4) is 0 Å². The number of hydrogen-bond acceptors (Lipinski definition) is 6. The van der Waals surface area contributed by atoms with E-state index in [1.807, 2.05) is 25.4 Å². The van der Waals surface area contributed by atoms with Crippen molar-refractivity contribution in [3.05, 3.63) is 54.1 Å². The van der Waals surface area contributed by atoms with Gasteiger partial charge in [-0.15, -0.1) is 0 Å². The molecule has 27 heavy (non-hydrogen) atoms. The number of benzene rings is 1. The molecule has 0 bridgehead atoms. The third-order valence-electron chi connectivity index (χ3n) is 5.10. The van der Waals surface area contributed by atoms with Crippen LogP contribution < -0.4 is 10.2 Å². The highest BCUT2D eigenvalue weighted by molar-refractivity contribution is 5.91. The molecule has 0 unspecified atom stereocenters. The fourth-order valence-corrected chi connectivity index (χ4v) is 3.58. The molecule has 1 N–H and O–H groups in total. The fraction of sp³-hybridized carbons (Fsp3) is 0.381. The summed E-state index contributed by atoms with van der Waals surface area (Å²) >= 11 is 0. The van der Waals surface area contributed by atoms with Crippen molar-refractivity contribution in [2.45, 2.75) is 13.8 Å². The molecule has 1 aliphatic heterocycles. The smallest absolute Gasteiger partial charge is 0.132 e. The molecule has 3 aromatic rings. The SMILES string of the molecule is Cc1ccc2c(NCCN3CCN(c4ccnc(C)n4)CC3)ccnc2c1. The summed E-state index contributed by atoms with van der Waals surface area (Å²) in [6, 6.07) is 10.5. The van der Waals surface area contributed by atoms with Crippen molar-refractivity contribution in [2.24, 2.45) is 0 Å². The van der Waals surface area contributed by atoms with Crippen LogP contribution in [-0.4, -0.2) is 59.1 Å². The van der Waals surface area contributed by atoms with Gasteiger partial charge >= 0.3 is 0 Å². The van der Waals surface area contributed by atoms with Gasteiger partial charge in [0, 0.05) is 62.7 Å². The van der Waals surface area contributed by atoms with E-state index in [0.29, 0.717) is 0 Å². The summed E-state index contributed by atoms with van der Waals surface area (Å²) in [5.74, 6) is 1.87. The van der Waals surface area contributed by atoms with E-state index in [-0.39, 0.29) is 0 Å². The first kappa shape index (κ1) is 17.7. The Morgan fingerprint density at radius 1 is 0.963 bits per heavy atom. The van der Waals surface area contributed by atoms with E-state index < -0.39 is 0 Å². The Bertz CT molecular complexity index is 917. The van der Waals surface area contributed by atoms with Gasteiger partial charge in [0.1, 0.15) is 11.6 Å². The lowest BCUT2D eigenvalue weighted by Gasteiger charge is -2.35. The second-order valence-electron chi connectivity index (χ2n) is 7.10. The number of anilines is 2. The number of fused-ring (bicyclic) bond motifs is 1. The summed E-state index contributed by atoms with van der Waals surface area (Å²) < 4.78 is 0. The molecule has 0 saturated carbocycles. The average Bonchev–Trinajstić information content (AvgIpc) is 2.68. The van der Waals surface area contributed by atoms with Crippen molar-refractivity contribution < 1.29 is 0 Å². The van der Waals surface area contributed by atoms with E-state index in [1.54, 1.807) is 0 Å². The Labute approximate surface area is 160 Å². The normalized spacial score (nSPS) is 15.3. The minimum absolute atomic E-state index is 0.832.